The van der Waals surface area contributed by atoms with Gasteiger partial charge in [0.2, 0.25) is 0 Å². The largest absolute Gasteiger partial charge is 0.319 e. The van der Waals surface area contributed by atoms with Crippen molar-refractivity contribution in [3.8, 4) is 6.07 Å². The normalized spacial score (nSPS) is 10.8. The summed E-state index contributed by atoms with van der Waals surface area (Å²) in [7, 11) is 0. The molecule has 0 radical (unpaired) electrons. The standard InChI is InChI=1S/C16H10FIN2O/c17-14-3-1-2-4-15(14)20-16(21)12(10-19)9-11-5-7-13(18)8-6-11/h1-9H,(H,20,21)/b12-9-. The van der Waals surface area contributed by atoms with Gasteiger partial charge in [0.15, 0.2) is 0 Å². The number of carbonyl (C=O) groups is 1. The Kier molecular flexibility index (Phi) is 5.06. The molecule has 0 aliphatic heterocycles. The summed E-state index contributed by atoms with van der Waals surface area (Å²) in [5.74, 6) is -1.18. The molecule has 0 heterocycles. The molecule has 0 spiro atoms. The number of rotatable bonds is 3. The Morgan fingerprint density at radius 2 is 1.86 bits per heavy atom. The summed E-state index contributed by atoms with van der Waals surface area (Å²) in [5.41, 5.74) is 0.696. The van der Waals surface area contributed by atoms with E-state index in [0.717, 1.165) is 9.13 Å². The van der Waals surface area contributed by atoms with Crippen LogP contribution in [0.1, 0.15) is 5.56 Å². The average Bonchev–Trinajstić information content (AvgIpc) is 2.49. The predicted octanol–water partition coefficient (Wildman–Crippen LogP) is 3.98. The fourth-order valence-corrected chi connectivity index (χ4v) is 1.99. The Balaban J connectivity index is 2.21. The Bertz CT molecular complexity index is 733. The van der Waals surface area contributed by atoms with Gasteiger partial charge < -0.3 is 5.32 Å². The molecule has 0 aliphatic rings. The molecule has 0 atom stereocenters. The number of nitrogens with zero attached hydrogens (tertiary/aromatic N) is 1. The van der Waals surface area contributed by atoms with Crippen molar-refractivity contribution >= 4 is 40.3 Å². The Morgan fingerprint density at radius 3 is 2.48 bits per heavy atom. The molecule has 2 rings (SSSR count). The van der Waals surface area contributed by atoms with Crippen molar-refractivity contribution in [2.75, 3.05) is 5.32 Å². The van der Waals surface area contributed by atoms with E-state index in [1.807, 2.05) is 18.2 Å². The maximum Gasteiger partial charge on any atom is 0.266 e. The maximum absolute atomic E-state index is 13.5. The van der Waals surface area contributed by atoms with Gasteiger partial charge in [0.25, 0.3) is 5.91 Å². The summed E-state index contributed by atoms with van der Waals surface area (Å²) in [4.78, 5) is 12.0. The van der Waals surface area contributed by atoms with Crippen LogP contribution in [0.15, 0.2) is 54.1 Å². The van der Waals surface area contributed by atoms with E-state index in [1.54, 1.807) is 18.2 Å². The first-order valence-corrected chi connectivity index (χ1v) is 7.11. The van der Waals surface area contributed by atoms with Crippen molar-refractivity contribution in [2.45, 2.75) is 0 Å². The van der Waals surface area contributed by atoms with Crippen LogP contribution < -0.4 is 5.32 Å². The highest BCUT2D eigenvalue weighted by Crippen LogP contribution is 2.15. The molecule has 2 aromatic carbocycles. The first-order valence-electron chi connectivity index (χ1n) is 6.03. The lowest BCUT2D eigenvalue weighted by molar-refractivity contribution is -0.112. The van der Waals surface area contributed by atoms with Crippen molar-refractivity contribution in [1.29, 1.82) is 5.26 Å². The van der Waals surface area contributed by atoms with E-state index in [1.165, 1.54) is 24.3 Å². The van der Waals surface area contributed by atoms with Crippen LogP contribution in [0.4, 0.5) is 10.1 Å². The second kappa shape index (κ2) is 6.99. The number of nitriles is 1. The average molecular weight is 392 g/mol. The molecule has 104 valence electrons. The second-order valence-corrected chi connectivity index (χ2v) is 5.40. The molecular weight excluding hydrogens is 382 g/mol. The first kappa shape index (κ1) is 15.2. The quantitative estimate of drug-likeness (QED) is 0.488. The molecule has 0 saturated heterocycles. The minimum atomic E-state index is -0.638. The van der Waals surface area contributed by atoms with E-state index >= 15 is 0 Å². The summed E-state index contributed by atoms with van der Waals surface area (Å²) in [6.45, 7) is 0. The molecule has 0 saturated carbocycles. The van der Waals surface area contributed by atoms with Gasteiger partial charge in [-0.25, -0.2) is 4.39 Å². The van der Waals surface area contributed by atoms with E-state index in [0.29, 0.717) is 0 Å². The van der Waals surface area contributed by atoms with Crippen molar-refractivity contribution in [2.24, 2.45) is 0 Å². The molecule has 0 unspecified atom stereocenters. The summed E-state index contributed by atoms with van der Waals surface area (Å²) in [5, 5.41) is 11.5. The second-order valence-electron chi connectivity index (χ2n) is 4.16. The molecular formula is C16H10FIN2O. The lowest BCUT2D eigenvalue weighted by Gasteiger charge is -2.05. The van der Waals surface area contributed by atoms with E-state index < -0.39 is 11.7 Å². The number of carbonyl (C=O) groups excluding carboxylic acids is 1. The van der Waals surface area contributed by atoms with Crippen LogP contribution in [0, 0.1) is 20.7 Å². The van der Waals surface area contributed by atoms with Gasteiger partial charge in [0.1, 0.15) is 17.5 Å². The van der Waals surface area contributed by atoms with Gasteiger partial charge in [-0.3, -0.25) is 4.79 Å². The van der Waals surface area contributed by atoms with Crippen LogP contribution in [0.5, 0.6) is 0 Å². The van der Waals surface area contributed by atoms with Gasteiger partial charge in [-0.15, -0.1) is 0 Å². The van der Waals surface area contributed by atoms with E-state index in [2.05, 4.69) is 27.9 Å². The molecule has 2 aromatic rings. The maximum atomic E-state index is 13.5. The lowest BCUT2D eigenvalue weighted by atomic mass is 10.1. The van der Waals surface area contributed by atoms with Crippen molar-refractivity contribution in [3.63, 3.8) is 0 Å². The fraction of sp³-hybridized carbons (Fsp3) is 0. The van der Waals surface area contributed by atoms with Crippen molar-refractivity contribution < 1.29 is 9.18 Å². The number of amides is 1. The number of hydrogen-bond donors (Lipinski definition) is 1. The van der Waals surface area contributed by atoms with Crippen LogP contribution in [-0.2, 0) is 4.79 Å². The zero-order valence-corrected chi connectivity index (χ0v) is 13.0. The van der Waals surface area contributed by atoms with E-state index in [-0.39, 0.29) is 11.3 Å². The fourth-order valence-electron chi connectivity index (χ4n) is 1.63. The lowest BCUT2D eigenvalue weighted by Crippen LogP contribution is -2.14. The topological polar surface area (TPSA) is 52.9 Å². The molecule has 3 nitrogen and oxygen atoms in total. The highest BCUT2D eigenvalue weighted by molar-refractivity contribution is 14.1. The van der Waals surface area contributed by atoms with E-state index in [9.17, 15) is 9.18 Å². The van der Waals surface area contributed by atoms with Crippen LogP contribution in [-0.4, -0.2) is 5.91 Å². The smallest absolute Gasteiger partial charge is 0.266 e. The van der Waals surface area contributed by atoms with Gasteiger partial charge in [0, 0.05) is 3.57 Å². The molecule has 0 bridgehead atoms. The van der Waals surface area contributed by atoms with Gasteiger partial charge >= 0.3 is 0 Å². The SMILES string of the molecule is N#C/C(=C/c1ccc(I)cc1)C(=O)Nc1ccccc1F. The summed E-state index contributed by atoms with van der Waals surface area (Å²) in [6, 6.07) is 15.0. The molecule has 0 aromatic heterocycles. The monoisotopic (exact) mass is 392 g/mol. The predicted molar refractivity (Wildman–Crippen MR) is 87.8 cm³/mol. The molecule has 1 N–H and O–H groups in total. The molecule has 5 heteroatoms. The van der Waals surface area contributed by atoms with Gasteiger partial charge in [0.05, 0.1) is 5.69 Å². The van der Waals surface area contributed by atoms with Crippen LogP contribution in [0.2, 0.25) is 0 Å². The van der Waals surface area contributed by atoms with E-state index in [4.69, 9.17) is 5.26 Å². The van der Waals surface area contributed by atoms with Gasteiger partial charge in [-0.05, 0) is 58.5 Å². The first-order chi connectivity index (χ1) is 10.1. The van der Waals surface area contributed by atoms with Crippen molar-refractivity contribution in [3.05, 3.63) is 69.1 Å². The van der Waals surface area contributed by atoms with Gasteiger partial charge in [-0.2, -0.15) is 5.26 Å². The van der Waals surface area contributed by atoms with Crippen LogP contribution in [0.25, 0.3) is 6.08 Å². The van der Waals surface area contributed by atoms with Crippen LogP contribution >= 0.6 is 22.6 Å². The number of anilines is 1. The zero-order valence-electron chi connectivity index (χ0n) is 10.8. The number of halogens is 2. The molecule has 0 aliphatic carbocycles. The Morgan fingerprint density at radius 1 is 1.19 bits per heavy atom. The number of nitrogens with one attached hydrogen (secondary N) is 1. The highest BCUT2D eigenvalue weighted by Gasteiger charge is 2.11. The minimum Gasteiger partial charge on any atom is -0.319 e. The third-order valence-corrected chi connectivity index (χ3v) is 3.39. The number of para-hydroxylation sites is 1. The molecule has 1 amide bonds. The van der Waals surface area contributed by atoms with Crippen molar-refractivity contribution in [1.82, 2.24) is 0 Å². The highest BCUT2D eigenvalue weighted by atomic mass is 127. The van der Waals surface area contributed by atoms with Gasteiger partial charge in [-0.1, -0.05) is 24.3 Å². The molecule has 0 fully saturated rings. The summed E-state index contributed by atoms with van der Waals surface area (Å²) in [6.07, 6.45) is 1.46. The third-order valence-electron chi connectivity index (χ3n) is 2.67. The zero-order chi connectivity index (χ0) is 15.2. The Hall–Kier alpha value is -2.20. The summed E-state index contributed by atoms with van der Waals surface area (Å²) < 4.78 is 14.5. The minimum absolute atomic E-state index is 0.0475. The Labute approximate surface area is 135 Å². The molecule has 21 heavy (non-hydrogen) atoms. The number of benzene rings is 2. The number of hydrogen-bond acceptors (Lipinski definition) is 2. The summed E-state index contributed by atoms with van der Waals surface area (Å²) >= 11 is 2.16. The third kappa shape index (κ3) is 4.13. The van der Waals surface area contributed by atoms with Crippen LogP contribution in [0.3, 0.4) is 0 Å².